The Hall–Kier alpha value is -1.08. The van der Waals surface area contributed by atoms with Gasteiger partial charge in [-0.25, -0.2) is 13.7 Å². The van der Waals surface area contributed by atoms with Crippen LogP contribution in [0.4, 0.5) is 5.82 Å². The van der Waals surface area contributed by atoms with Crippen LogP contribution in [0, 0.1) is 0 Å². The number of hydrogen-bond donors (Lipinski definition) is 7. The van der Waals surface area contributed by atoms with Gasteiger partial charge >= 0.3 is 15.6 Å². The monoisotopic (exact) mass is 619 g/mol. The van der Waals surface area contributed by atoms with Crippen molar-refractivity contribution in [2.45, 2.75) is 49.1 Å². The van der Waals surface area contributed by atoms with Crippen LogP contribution in [0.3, 0.4) is 0 Å². The first kappa shape index (κ1) is 26.5. The quantitative estimate of drug-likeness (QED) is 0.126. The standard InChI is InChI=1S/C16H21BrN4O13P2/c17-8-1-5-13(18)20-4-19-14(5)21(8)16-12(25)10(23)7(33-16)3-31-36(28,29)34-35(26,27)30-2-6-9(22)11(24)15(20)32-6/h1,4,6-7,9-12,15-16,18,22-25H,2-3H2,(H2,26,27,28,29)/p+1/t6-,7-,9-,10-,11-,12-,15?,16-/m1/s1. The van der Waals surface area contributed by atoms with Crippen LogP contribution in [0.5, 0.6) is 0 Å². The molecule has 0 aromatic carbocycles. The summed E-state index contributed by atoms with van der Waals surface area (Å²) >= 11 is 3.33. The highest BCUT2D eigenvalue weighted by molar-refractivity contribution is 9.10. The minimum atomic E-state index is -5.25. The molecule has 200 valence electrons. The fraction of sp³-hybridized carbons (Fsp3) is 0.625. The van der Waals surface area contributed by atoms with Gasteiger partial charge in [0.25, 0.3) is 0 Å². The molecule has 6 heterocycles. The van der Waals surface area contributed by atoms with Crippen molar-refractivity contribution >= 4 is 48.4 Å². The average molecular weight is 620 g/mol. The average Bonchev–Trinajstić information content (AvgIpc) is 3.37. The Kier molecular flexibility index (Phi) is 6.84. The number of hydrogen-bond acceptors (Lipinski definition) is 13. The molecule has 36 heavy (non-hydrogen) atoms. The number of phosphoric acid groups is 2. The number of aromatic nitrogens is 3. The molecule has 2 aromatic heterocycles. The topological polar surface area (TPSA) is 249 Å². The number of nitrogens with zero attached hydrogens (tertiary/aromatic N) is 3. The molecular formula is C16H22BrN4O13P2+. The molecule has 0 aliphatic carbocycles. The van der Waals surface area contributed by atoms with E-state index in [4.69, 9.17) is 15.2 Å². The van der Waals surface area contributed by atoms with E-state index >= 15 is 0 Å². The summed E-state index contributed by atoms with van der Waals surface area (Å²) in [6.45, 7) is -1.66. The Labute approximate surface area is 209 Å². The fourth-order valence-corrected chi connectivity index (χ4v) is 6.95. The number of aliphatic hydroxyl groups excluding tert-OH is 4. The van der Waals surface area contributed by atoms with Gasteiger partial charge in [0.05, 0.1) is 17.8 Å². The van der Waals surface area contributed by atoms with Crippen molar-refractivity contribution in [2.24, 2.45) is 0 Å². The highest BCUT2D eigenvalue weighted by atomic mass is 79.9. The van der Waals surface area contributed by atoms with E-state index in [0.29, 0.717) is 9.99 Å². The second kappa shape index (κ2) is 9.29. The maximum absolute atomic E-state index is 12.2. The molecule has 2 fully saturated rings. The number of ether oxygens (including phenoxy) is 2. The number of halogens is 1. The molecule has 17 nitrogen and oxygen atoms in total. The number of nitrogen functional groups attached to an aromatic ring is 1. The van der Waals surface area contributed by atoms with Crippen molar-refractivity contribution in [3.63, 3.8) is 0 Å². The molecule has 8 N–H and O–H groups in total. The normalized spacial score (nSPS) is 43.8. The van der Waals surface area contributed by atoms with Gasteiger partial charge in [0.1, 0.15) is 42.0 Å². The van der Waals surface area contributed by atoms with Crippen molar-refractivity contribution < 1.29 is 66.7 Å². The van der Waals surface area contributed by atoms with Crippen LogP contribution in [0.25, 0.3) is 11.0 Å². The second-order valence-electron chi connectivity index (χ2n) is 8.31. The number of aliphatic hydroxyl groups is 4. The van der Waals surface area contributed by atoms with Gasteiger partial charge in [0.2, 0.25) is 24.0 Å². The Morgan fingerprint density at radius 2 is 1.58 bits per heavy atom. The Morgan fingerprint density at radius 1 is 1.00 bits per heavy atom. The zero-order valence-corrected chi connectivity index (χ0v) is 21.3. The van der Waals surface area contributed by atoms with Crippen LogP contribution in [0.15, 0.2) is 17.0 Å². The maximum Gasteiger partial charge on any atom is 0.481 e. The van der Waals surface area contributed by atoms with Gasteiger partial charge in [-0.1, -0.05) is 4.98 Å². The molecule has 6 rings (SSSR count). The van der Waals surface area contributed by atoms with Crippen LogP contribution in [-0.4, -0.2) is 89.6 Å². The van der Waals surface area contributed by atoms with Crippen molar-refractivity contribution in [1.29, 1.82) is 0 Å². The molecule has 2 saturated heterocycles. The first-order valence-corrected chi connectivity index (χ1v) is 14.1. The number of fused-ring (bicyclic) bond motifs is 7. The van der Waals surface area contributed by atoms with Gasteiger partial charge in [-0.3, -0.25) is 13.6 Å². The summed E-state index contributed by atoms with van der Waals surface area (Å²) < 4.78 is 52.1. The molecule has 0 spiro atoms. The van der Waals surface area contributed by atoms with E-state index in [0.717, 1.165) is 0 Å². The van der Waals surface area contributed by atoms with E-state index in [-0.39, 0.29) is 11.5 Å². The Bertz CT molecular complexity index is 1280. The van der Waals surface area contributed by atoms with Crippen molar-refractivity contribution in [3.05, 3.63) is 17.0 Å². The zero-order valence-electron chi connectivity index (χ0n) is 17.9. The summed E-state index contributed by atoms with van der Waals surface area (Å²) in [6.07, 6.45) is -10.5. The van der Waals surface area contributed by atoms with Gasteiger partial charge < -0.3 is 45.4 Å². The van der Waals surface area contributed by atoms with Crippen LogP contribution < -0.4 is 10.3 Å². The summed E-state index contributed by atoms with van der Waals surface area (Å²) in [5, 5.41) is 42.3. The molecule has 3 unspecified atom stereocenters. The molecule has 4 aliphatic heterocycles. The van der Waals surface area contributed by atoms with Crippen LogP contribution in [0.1, 0.15) is 12.5 Å². The van der Waals surface area contributed by atoms with Crippen LogP contribution in [0.2, 0.25) is 0 Å². The number of nitrogens with two attached hydrogens (primary N) is 1. The van der Waals surface area contributed by atoms with E-state index in [1.54, 1.807) is 0 Å². The lowest BCUT2D eigenvalue weighted by molar-refractivity contribution is -0.754. The largest absolute Gasteiger partial charge is 0.481 e. The summed E-state index contributed by atoms with van der Waals surface area (Å²) in [6, 6.07) is 1.53. The molecule has 0 saturated carbocycles. The predicted molar refractivity (Wildman–Crippen MR) is 117 cm³/mol. The Morgan fingerprint density at radius 3 is 2.22 bits per heavy atom. The van der Waals surface area contributed by atoms with Crippen LogP contribution >= 0.6 is 31.6 Å². The zero-order chi connectivity index (χ0) is 26.2. The lowest BCUT2D eigenvalue weighted by Crippen LogP contribution is -2.48. The van der Waals surface area contributed by atoms with Crippen LogP contribution in [-0.2, 0) is 32.0 Å². The molecule has 4 aliphatic rings. The maximum atomic E-state index is 12.2. The van der Waals surface area contributed by atoms with Gasteiger partial charge in [-0.05, 0) is 22.0 Å². The summed E-state index contributed by atoms with van der Waals surface area (Å²) in [5.74, 6) is 0.0312. The third-order valence-electron chi connectivity index (χ3n) is 6.03. The third-order valence-corrected chi connectivity index (χ3v) is 9.25. The lowest BCUT2D eigenvalue weighted by atomic mass is 10.1. The minimum Gasteiger partial charge on any atom is -0.387 e. The van der Waals surface area contributed by atoms with Crippen molar-refractivity contribution in [3.8, 4) is 0 Å². The fourth-order valence-electron chi connectivity index (χ4n) is 4.26. The SMILES string of the molecule is Nc1c2cc(Br)n3c2nc[n+]1C1O[C@H](COP(=O)(O)OP(=O)(O)OC[C@H]2O[C@@H]3[C@H](O)[C@@H]2O)[C@@H](O)[C@H]1O. The smallest absolute Gasteiger partial charge is 0.387 e. The van der Waals surface area contributed by atoms with Gasteiger partial charge in [-0.15, -0.1) is 0 Å². The van der Waals surface area contributed by atoms with Gasteiger partial charge in [0.15, 0.2) is 6.23 Å². The van der Waals surface area contributed by atoms with Gasteiger partial charge in [-0.2, -0.15) is 4.31 Å². The van der Waals surface area contributed by atoms with E-state index in [1.807, 2.05) is 0 Å². The highest BCUT2D eigenvalue weighted by Crippen LogP contribution is 2.60. The van der Waals surface area contributed by atoms with Crippen molar-refractivity contribution in [2.75, 3.05) is 18.9 Å². The summed E-state index contributed by atoms with van der Waals surface area (Å²) in [5.41, 5.74) is 6.50. The molecule has 0 radical (unpaired) electrons. The van der Waals surface area contributed by atoms with Crippen molar-refractivity contribution in [1.82, 2.24) is 9.55 Å². The number of rotatable bonds is 0. The first-order valence-electron chi connectivity index (χ1n) is 10.3. The Balaban J connectivity index is 1.60. The predicted octanol–water partition coefficient (Wildman–Crippen LogP) is -1.83. The second-order valence-corrected chi connectivity index (χ2v) is 12.2. The molecule has 10 atom stereocenters. The van der Waals surface area contributed by atoms with E-state index in [9.17, 15) is 39.3 Å². The van der Waals surface area contributed by atoms with E-state index in [2.05, 4.69) is 34.3 Å². The molecule has 0 amide bonds. The summed E-state index contributed by atoms with van der Waals surface area (Å²) in [4.78, 5) is 24.0. The summed E-state index contributed by atoms with van der Waals surface area (Å²) in [7, 11) is -10.5. The van der Waals surface area contributed by atoms with E-state index < -0.39 is 77.9 Å². The van der Waals surface area contributed by atoms with E-state index in [1.165, 1.54) is 21.5 Å². The molecular weight excluding hydrogens is 598 g/mol. The number of anilines is 1. The lowest BCUT2D eigenvalue weighted by Gasteiger charge is -2.21. The molecule has 2 aromatic rings. The molecule has 20 heteroatoms. The highest BCUT2D eigenvalue weighted by Gasteiger charge is 2.50. The number of phosphoric ester groups is 2. The van der Waals surface area contributed by atoms with Gasteiger partial charge in [0, 0.05) is 0 Å². The third kappa shape index (κ3) is 4.54. The molecule has 8 bridgehead atoms. The minimum absolute atomic E-state index is 0.0312. The first-order chi connectivity index (χ1) is 16.8.